The molecule has 0 saturated carbocycles. The van der Waals surface area contributed by atoms with Crippen molar-refractivity contribution >= 4 is 39.1 Å². The number of halogens is 3. The van der Waals surface area contributed by atoms with E-state index in [0.29, 0.717) is 0 Å². The van der Waals surface area contributed by atoms with E-state index in [-0.39, 0.29) is 20.7 Å². The van der Waals surface area contributed by atoms with Gasteiger partial charge in [0.15, 0.2) is 17.7 Å². The average Bonchev–Trinajstić information content (AvgIpc) is 2.56. The van der Waals surface area contributed by atoms with Crippen LogP contribution in [0.3, 0.4) is 0 Å². The van der Waals surface area contributed by atoms with E-state index in [2.05, 4.69) is 0 Å². The second-order valence-electron chi connectivity index (χ2n) is 4.86. The van der Waals surface area contributed by atoms with E-state index < -0.39 is 27.9 Å². The molecule has 6 nitrogen and oxygen atoms in total. The number of carbonyl (C=O) groups is 1. The maximum atomic E-state index is 13.5. The Bertz CT molecular complexity index is 893. The summed E-state index contributed by atoms with van der Waals surface area (Å²) in [5, 5.41) is 0.0918. The molecule has 0 unspecified atom stereocenters. The molecule has 2 N–H and O–H groups in total. The Balaban J connectivity index is 2.03. The van der Waals surface area contributed by atoms with Crippen LogP contribution in [-0.4, -0.2) is 20.4 Å². The van der Waals surface area contributed by atoms with Crippen LogP contribution in [0, 0.1) is 5.82 Å². The zero-order valence-electron chi connectivity index (χ0n) is 12.8. The summed E-state index contributed by atoms with van der Waals surface area (Å²) in [6, 6.07) is 9.38. The number of para-hydroxylation sites is 1. The zero-order valence-corrected chi connectivity index (χ0v) is 15.1. The Hall–Kier alpha value is -1.87. The standard InChI is InChI=1S/C15H13Cl2FN2O4S/c1-9(24-13-5-3-2-4-12(13)18)15(21)19-20-25(22,23)14-8-10(16)6-7-11(14)17/h2-9,20H,1H3,(H,19,21)/t9-/m1/s1. The number of hydrazine groups is 1. The van der Waals surface area contributed by atoms with E-state index in [9.17, 15) is 17.6 Å². The van der Waals surface area contributed by atoms with Crippen LogP contribution in [-0.2, 0) is 14.8 Å². The lowest BCUT2D eigenvalue weighted by molar-refractivity contribution is -0.127. The van der Waals surface area contributed by atoms with E-state index in [4.69, 9.17) is 27.9 Å². The number of sulfonamides is 1. The summed E-state index contributed by atoms with van der Waals surface area (Å²) in [4.78, 5) is 13.5. The fourth-order valence-corrected chi connectivity index (χ4v) is 3.35. The lowest BCUT2D eigenvalue weighted by Crippen LogP contribution is -2.47. The van der Waals surface area contributed by atoms with Crippen LogP contribution in [0.25, 0.3) is 0 Å². The lowest BCUT2D eigenvalue weighted by atomic mass is 10.3. The third kappa shape index (κ3) is 5.05. The molecule has 1 amide bonds. The molecule has 0 aliphatic carbocycles. The van der Waals surface area contributed by atoms with Crippen LogP contribution >= 0.6 is 23.2 Å². The molecule has 10 heteroatoms. The van der Waals surface area contributed by atoms with E-state index in [0.717, 1.165) is 6.07 Å². The number of amides is 1. The minimum atomic E-state index is -4.15. The van der Waals surface area contributed by atoms with E-state index in [1.165, 1.54) is 43.3 Å². The predicted molar refractivity (Wildman–Crippen MR) is 91.4 cm³/mol. The second-order valence-corrected chi connectivity index (χ2v) is 7.35. The Kier molecular flexibility index (Phi) is 6.23. The minimum Gasteiger partial charge on any atom is -0.478 e. The van der Waals surface area contributed by atoms with Gasteiger partial charge in [0.2, 0.25) is 0 Å². The van der Waals surface area contributed by atoms with Gasteiger partial charge in [0.25, 0.3) is 15.9 Å². The Labute approximate surface area is 153 Å². The number of ether oxygens (including phenoxy) is 1. The molecule has 0 radical (unpaired) electrons. The highest BCUT2D eigenvalue weighted by Gasteiger charge is 2.22. The van der Waals surface area contributed by atoms with Crippen LogP contribution < -0.4 is 15.0 Å². The first-order valence-electron chi connectivity index (χ1n) is 6.88. The molecule has 0 saturated heterocycles. The van der Waals surface area contributed by atoms with Crippen LogP contribution in [0.1, 0.15) is 6.92 Å². The smallest absolute Gasteiger partial charge is 0.275 e. The quantitative estimate of drug-likeness (QED) is 0.722. The molecule has 0 spiro atoms. The summed E-state index contributed by atoms with van der Waals surface area (Å²) >= 11 is 11.6. The highest BCUT2D eigenvalue weighted by Crippen LogP contribution is 2.24. The SMILES string of the molecule is C[C@@H](Oc1ccccc1F)C(=O)NNS(=O)(=O)c1cc(Cl)ccc1Cl. The highest BCUT2D eigenvalue weighted by molar-refractivity contribution is 7.89. The minimum absolute atomic E-state index is 0.0678. The van der Waals surface area contributed by atoms with Gasteiger partial charge in [-0.2, -0.15) is 0 Å². The highest BCUT2D eigenvalue weighted by atomic mass is 35.5. The normalized spacial score (nSPS) is 12.5. The molecule has 0 aliphatic rings. The van der Waals surface area contributed by atoms with Gasteiger partial charge in [-0.1, -0.05) is 35.3 Å². The Morgan fingerprint density at radius 3 is 2.56 bits per heavy atom. The Morgan fingerprint density at radius 1 is 1.20 bits per heavy atom. The third-order valence-corrected chi connectivity index (χ3v) is 4.97. The van der Waals surface area contributed by atoms with Gasteiger partial charge < -0.3 is 4.74 Å². The molecule has 0 aromatic heterocycles. The monoisotopic (exact) mass is 406 g/mol. The maximum Gasteiger partial charge on any atom is 0.275 e. The summed E-state index contributed by atoms with van der Waals surface area (Å²) < 4.78 is 43.0. The van der Waals surface area contributed by atoms with E-state index >= 15 is 0 Å². The van der Waals surface area contributed by atoms with Crippen molar-refractivity contribution in [1.82, 2.24) is 10.3 Å². The van der Waals surface area contributed by atoms with Gasteiger partial charge in [0.1, 0.15) is 4.90 Å². The third-order valence-electron chi connectivity index (χ3n) is 3.00. The van der Waals surface area contributed by atoms with Gasteiger partial charge in [-0.25, -0.2) is 12.8 Å². The number of nitrogens with one attached hydrogen (secondary N) is 2. The number of benzene rings is 2. The van der Waals surface area contributed by atoms with Crippen molar-refractivity contribution in [2.45, 2.75) is 17.9 Å². The number of hydrogen-bond donors (Lipinski definition) is 2. The molecule has 0 bridgehead atoms. The molecule has 0 heterocycles. The van der Waals surface area contributed by atoms with Crippen LogP contribution in [0.2, 0.25) is 10.0 Å². The Morgan fingerprint density at radius 2 is 1.88 bits per heavy atom. The molecule has 2 rings (SSSR count). The fourth-order valence-electron chi connectivity index (χ4n) is 1.74. The molecular weight excluding hydrogens is 394 g/mol. The lowest BCUT2D eigenvalue weighted by Gasteiger charge is -2.16. The van der Waals surface area contributed by atoms with E-state index in [1.54, 1.807) is 0 Å². The summed E-state index contributed by atoms with van der Waals surface area (Å²) in [7, 11) is -4.15. The number of rotatable bonds is 6. The summed E-state index contributed by atoms with van der Waals surface area (Å²) in [6.07, 6.45) is -1.16. The fraction of sp³-hybridized carbons (Fsp3) is 0.133. The molecule has 25 heavy (non-hydrogen) atoms. The molecule has 1 atom stereocenters. The van der Waals surface area contributed by atoms with Crippen molar-refractivity contribution in [3.8, 4) is 5.75 Å². The summed E-state index contributed by atoms with van der Waals surface area (Å²) in [5.74, 6) is -1.61. The summed E-state index contributed by atoms with van der Waals surface area (Å²) in [6.45, 7) is 1.34. The second kappa shape index (κ2) is 8.01. The van der Waals surface area contributed by atoms with Gasteiger partial charge in [0.05, 0.1) is 5.02 Å². The van der Waals surface area contributed by atoms with Crippen LogP contribution in [0.15, 0.2) is 47.4 Å². The largest absolute Gasteiger partial charge is 0.478 e. The van der Waals surface area contributed by atoms with Crippen LogP contribution in [0.5, 0.6) is 5.75 Å². The number of hydrogen-bond acceptors (Lipinski definition) is 4. The van der Waals surface area contributed by atoms with Gasteiger partial charge in [0, 0.05) is 5.02 Å². The number of carbonyl (C=O) groups excluding carboxylic acids is 1. The first-order valence-corrected chi connectivity index (χ1v) is 9.12. The van der Waals surface area contributed by atoms with Gasteiger partial charge >= 0.3 is 0 Å². The van der Waals surface area contributed by atoms with Crippen molar-refractivity contribution in [1.29, 1.82) is 0 Å². The maximum absolute atomic E-state index is 13.5. The van der Waals surface area contributed by atoms with Crippen molar-refractivity contribution in [2.75, 3.05) is 0 Å². The van der Waals surface area contributed by atoms with Gasteiger partial charge in [-0.3, -0.25) is 10.2 Å². The zero-order chi connectivity index (χ0) is 18.6. The first-order chi connectivity index (χ1) is 11.7. The molecule has 2 aromatic carbocycles. The van der Waals surface area contributed by atoms with Crippen molar-refractivity contribution in [3.05, 3.63) is 58.3 Å². The molecule has 0 fully saturated rings. The van der Waals surface area contributed by atoms with Crippen molar-refractivity contribution in [3.63, 3.8) is 0 Å². The predicted octanol–water partition coefficient (Wildman–Crippen LogP) is 2.91. The van der Waals surface area contributed by atoms with E-state index in [1.807, 2.05) is 10.3 Å². The topological polar surface area (TPSA) is 84.5 Å². The van der Waals surface area contributed by atoms with Crippen molar-refractivity contribution < 1.29 is 22.3 Å². The molecule has 0 aliphatic heterocycles. The summed E-state index contributed by atoms with van der Waals surface area (Å²) in [5.41, 5.74) is 1.98. The molecule has 134 valence electrons. The first kappa shape index (κ1) is 19.5. The van der Waals surface area contributed by atoms with Gasteiger partial charge in [-0.15, -0.1) is 4.83 Å². The molecular formula is C15H13Cl2FN2O4S. The van der Waals surface area contributed by atoms with Gasteiger partial charge in [-0.05, 0) is 37.3 Å². The van der Waals surface area contributed by atoms with Crippen molar-refractivity contribution in [2.24, 2.45) is 0 Å². The molecule has 2 aromatic rings. The van der Waals surface area contributed by atoms with Crippen LogP contribution in [0.4, 0.5) is 4.39 Å². The average molecular weight is 407 g/mol.